The van der Waals surface area contributed by atoms with Crippen LogP contribution in [-0.2, 0) is 10.8 Å². The van der Waals surface area contributed by atoms with Crippen LogP contribution in [0.1, 0.15) is 36.0 Å². The highest BCUT2D eigenvalue weighted by molar-refractivity contribution is 7.86. The first-order chi connectivity index (χ1) is 10.3. The van der Waals surface area contributed by atoms with Crippen molar-refractivity contribution in [3.63, 3.8) is 0 Å². The van der Waals surface area contributed by atoms with E-state index in [1.165, 1.54) is 12.1 Å². The number of Topliss-reactive ketones (excluding diaryl/α,β-unsaturated/α-hetero) is 1. The van der Waals surface area contributed by atoms with E-state index in [4.69, 9.17) is 0 Å². The van der Waals surface area contributed by atoms with Gasteiger partial charge in [0.05, 0.1) is 0 Å². The van der Waals surface area contributed by atoms with Crippen LogP contribution in [0.2, 0.25) is 0 Å². The minimum Gasteiger partial charge on any atom is -0.406 e. The van der Waals surface area contributed by atoms with E-state index < -0.39 is 17.2 Å². The molecule has 2 aliphatic heterocycles. The van der Waals surface area contributed by atoms with E-state index in [0.717, 1.165) is 25.0 Å². The quantitative estimate of drug-likeness (QED) is 0.796. The average Bonchev–Trinajstić information content (AvgIpc) is 2.67. The number of carbonyl (C=O) groups excluding carboxylic acids is 1. The molecule has 2 saturated heterocycles. The molecule has 3 nitrogen and oxygen atoms in total. The average molecular weight is 332 g/mol. The van der Waals surface area contributed by atoms with E-state index in [0.29, 0.717) is 18.4 Å². The minimum absolute atomic E-state index is 0.0767. The van der Waals surface area contributed by atoms with Crippen molar-refractivity contribution in [2.45, 2.75) is 42.5 Å². The van der Waals surface area contributed by atoms with Crippen LogP contribution in [0.5, 0.6) is 5.75 Å². The zero-order chi connectivity index (χ0) is 15.9. The van der Waals surface area contributed by atoms with Gasteiger partial charge in [0.1, 0.15) is 5.75 Å². The van der Waals surface area contributed by atoms with E-state index >= 15 is 0 Å². The van der Waals surface area contributed by atoms with Gasteiger partial charge in [-0.1, -0.05) is 0 Å². The summed E-state index contributed by atoms with van der Waals surface area (Å²) in [6, 6.07) is 5.01. The molecule has 3 rings (SSSR count). The lowest BCUT2D eigenvalue weighted by molar-refractivity contribution is -0.274. The van der Waals surface area contributed by atoms with Crippen LogP contribution in [0.3, 0.4) is 0 Å². The SMILES string of the molecule is O=C(c1ccc(OC(F)(F)F)cc1)C1CC2CCC(C1)S2=O. The fourth-order valence-electron chi connectivity index (χ4n) is 3.30. The lowest BCUT2D eigenvalue weighted by Crippen LogP contribution is -2.32. The second kappa shape index (κ2) is 5.68. The first-order valence-corrected chi connectivity index (χ1v) is 8.40. The molecule has 120 valence electrons. The Morgan fingerprint density at radius 2 is 1.64 bits per heavy atom. The van der Waals surface area contributed by atoms with E-state index in [-0.39, 0.29) is 28.0 Å². The van der Waals surface area contributed by atoms with Gasteiger partial charge in [0.25, 0.3) is 0 Å². The summed E-state index contributed by atoms with van der Waals surface area (Å²) in [7, 11) is -0.825. The first-order valence-electron chi connectivity index (χ1n) is 7.13. The van der Waals surface area contributed by atoms with Crippen molar-refractivity contribution in [3.05, 3.63) is 29.8 Å². The number of alkyl halides is 3. The molecule has 2 fully saturated rings. The molecule has 0 aliphatic carbocycles. The molecule has 22 heavy (non-hydrogen) atoms. The van der Waals surface area contributed by atoms with E-state index in [9.17, 15) is 22.2 Å². The van der Waals surface area contributed by atoms with Crippen molar-refractivity contribution >= 4 is 16.6 Å². The maximum atomic E-state index is 12.5. The highest BCUT2D eigenvalue weighted by Crippen LogP contribution is 2.40. The van der Waals surface area contributed by atoms with E-state index in [2.05, 4.69) is 4.74 Å². The van der Waals surface area contributed by atoms with Gasteiger partial charge in [0.2, 0.25) is 0 Å². The molecule has 0 N–H and O–H groups in total. The number of hydrogen-bond acceptors (Lipinski definition) is 3. The summed E-state index contributed by atoms with van der Waals surface area (Å²) in [5, 5.41) is 0.195. The fraction of sp³-hybridized carbons (Fsp3) is 0.533. The fourth-order valence-corrected chi connectivity index (χ4v) is 5.43. The molecule has 0 radical (unpaired) electrons. The summed E-state index contributed by atoms with van der Waals surface area (Å²) < 4.78 is 52.0. The number of fused-ring (bicyclic) bond motifs is 2. The van der Waals surface area contributed by atoms with Crippen LogP contribution in [0, 0.1) is 5.92 Å². The predicted molar refractivity (Wildman–Crippen MR) is 75.1 cm³/mol. The van der Waals surface area contributed by atoms with Crippen LogP contribution >= 0.6 is 0 Å². The molecule has 0 saturated carbocycles. The lowest BCUT2D eigenvalue weighted by atomic mass is 9.90. The topological polar surface area (TPSA) is 43.4 Å². The van der Waals surface area contributed by atoms with Gasteiger partial charge in [-0.25, -0.2) is 0 Å². The van der Waals surface area contributed by atoms with Gasteiger partial charge < -0.3 is 4.74 Å². The number of carbonyl (C=O) groups is 1. The van der Waals surface area contributed by atoms with Gasteiger partial charge in [-0.15, -0.1) is 13.2 Å². The molecular formula is C15H15F3O3S. The Bertz CT molecular complexity index is 581. The summed E-state index contributed by atoms with van der Waals surface area (Å²) >= 11 is 0. The Kier molecular flexibility index (Phi) is 4.01. The molecule has 2 atom stereocenters. The maximum Gasteiger partial charge on any atom is 0.573 e. The number of hydrogen-bond donors (Lipinski definition) is 0. The highest BCUT2D eigenvalue weighted by Gasteiger charge is 2.42. The Labute approximate surface area is 128 Å². The molecule has 1 aromatic rings. The summed E-state index contributed by atoms with van der Waals surface area (Å²) in [6.45, 7) is 0. The Morgan fingerprint density at radius 1 is 1.09 bits per heavy atom. The zero-order valence-corrected chi connectivity index (χ0v) is 12.5. The first kappa shape index (κ1) is 15.5. The Morgan fingerprint density at radius 3 is 2.14 bits per heavy atom. The largest absolute Gasteiger partial charge is 0.573 e. The number of benzene rings is 1. The molecule has 2 heterocycles. The molecule has 0 aromatic heterocycles. The minimum atomic E-state index is -4.74. The maximum absolute atomic E-state index is 12.5. The Hall–Kier alpha value is -1.37. The number of ether oxygens (including phenoxy) is 1. The second-order valence-electron chi connectivity index (χ2n) is 5.75. The van der Waals surface area contributed by atoms with E-state index in [1.54, 1.807) is 0 Å². The third-order valence-electron chi connectivity index (χ3n) is 4.31. The number of halogens is 3. The van der Waals surface area contributed by atoms with Crippen molar-refractivity contribution in [3.8, 4) is 5.75 Å². The van der Waals surface area contributed by atoms with Crippen LogP contribution in [0.4, 0.5) is 13.2 Å². The molecular weight excluding hydrogens is 317 g/mol. The highest BCUT2D eigenvalue weighted by atomic mass is 32.2. The zero-order valence-electron chi connectivity index (χ0n) is 11.6. The van der Waals surface area contributed by atoms with Crippen LogP contribution in [-0.4, -0.2) is 26.9 Å². The number of rotatable bonds is 3. The molecule has 0 spiro atoms. The molecule has 2 unspecified atom stereocenters. The van der Waals surface area contributed by atoms with Gasteiger partial charge in [0.15, 0.2) is 5.78 Å². The van der Waals surface area contributed by atoms with Crippen molar-refractivity contribution in [2.75, 3.05) is 0 Å². The van der Waals surface area contributed by atoms with E-state index in [1.807, 2.05) is 0 Å². The second-order valence-corrected chi connectivity index (χ2v) is 7.75. The van der Waals surface area contributed by atoms with Crippen LogP contribution in [0.25, 0.3) is 0 Å². The normalized spacial score (nSPS) is 31.0. The smallest absolute Gasteiger partial charge is 0.406 e. The monoisotopic (exact) mass is 332 g/mol. The number of ketones is 1. The molecule has 1 aromatic carbocycles. The molecule has 2 aliphatic rings. The van der Waals surface area contributed by atoms with Crippen molar-refractivity contribution in [2.24, 2.45) is 5.92 Å². The summed E-state index contributed by atoms with van der Waals surface area (Å²) in [5.74, 6) is -0.592. The standard InChI is InChI=1S/C15H15F3O3S/c16-15(17,18)21-11-3-1-9(2-4-11)14(19)10-7-12-5-6-13(8-10)22(12)20/h1-4,10,12-13H,5-8H2. The van der Waals surface area contributed by atoms with Crippen molar-refractivity contribution in [1.82, 2.24) is 0 Å². The van der Waals surface area contributed by atoms with Crippen LogP contribution < -0.4 is 4.74 Å². The summed E-state index contributed by atoms with van der Waals surface area (Å²) in [5.41, 5.74) is 0.381. The predicted octanol–water partition coefficient (Wildman–Crippen LogP) is 3.46. The summed E-state index contributed by atoms with van der Waals surface area (Å²) in [4.78, 5) is 12.5. The molecule has 7 heteroatoms. The van der Waals surface area contributed by atoms with Crippen LogP contribution in [0.15, 0.2) is 24.3 Å². The molecule has 2 bridgehead atoms. The van der Waals surface area contributed by atoms with Gasteiger partial charge >= 0.3 is 6.36 Å². The van der Waals surface area contributed by atoms with Crippen molar-refractivity contribution in [1.29, 1.82) is 0 Å². The Balaban J connectivity index is 1.69. The third-order valence-corrected chi connectivity index (χ3v) is 6.48. The van der Waals surface area contributed by atoms with Gasteiger partial charge in [-0.3, -0.25) is 9.00 Å². The summed E-state index contributed by atoms with van der Waals surface area (Å²) in [6.07, 6.45) is -1.71. The molecule has 0 amide bonds. The van der Waals surface area contributed by atoms with Crippen molar-refractivity contribution < 1.29 is 26.9 Å². The van der Waals surface area contributed by atoms with Gasteiger partial charge in [-0.2, -0.15) is 0 Å². The lowest BCUT2D eigenvalue weighted by Gasteiger charge is -2.26. The van der Waals surface area contributed by atoms with Gasteiger partial charge in [0, 0.05) is 32.8 Å². The van der Waals surface area contributed by atoms with Gasteiger partial charge in [-0.05, 0) is 49.9 Å². The third kappa shape index (κ3) is 3.19.